The minimum absolute atomic E-state index is 0.0661. The molecule has 15 heteroatoms. The highest BCUT2D eigenvalue weighted by Gasteiger charge is 2.24. The number of carbonyl (C=O) groups excluding carboxylic acids is 1. The van der Waals surface area contributed by atoms with Gasteiger partial charge in [-0.2, -0.15) is 14.6 Å². The average Bonchev–Trinajstić information content (AvgIpc) is 3.82. The standard InChI is InChI=1S/C30H31F2N8O3PS/c1-2-34-44(43-22-11-7-4-8-12-22)42-19-39-16-20(15-33-39)30-36-25(18-45-30)29(41)35-24-17-40(21-9-5-3-6-10-21)38-28(24)27-23(31)13-14-26(32)37-27/h4,7-8,11-18,21,34H,2-3,5-6,9-10,19H2,1H3,(H,35,41). The van der Waals surface area contributed by atoms with Crippen molar-refractivity contribution in [3.63, 3.8) is 0 Å². The number of aromatic nitrogens is 6. The van der Waals surface area contributed by atoms with E-state index in [0.29, 0.717) is 22.9 Å². The summed E-state index contributed by atoms with van der Waals surface area (Å²) in [5.41, 5.74) is 0.903. The molecule has 1 saturated carbocycles. The summed E-state index contributed by atoms with van der Waals surface area (Å²) in [6.45, 7) is 2.78. The molecule has 0 bridgehead atoms. The first-order chi connectivity index (χ1) is 22.0. The average molecular weight is 653 g/mol. The molecule has 5 aromatic rings. The van der Waals surface area contributed by atoms with E-state index in [1.54, 1.807) is 33.3 Å². The third-order valence-electron chi connectivity index (χ3n) is 7.11. The predicted molar refractivity (Wildman–Crippen MR) is 168 cm³/mol. The lowest BCUT2D eigenvalue weighted by atomic mass is 9.96. The zero-order valence-corrected chi connectivity index (χ0v) is 26.1. The van der Waals surface area contributed by atoms with Crippen molar-refractivity contribution < 1.29 is 22.6 Å². The third-order valence-corrected chi connectivity index (χ3v) is 9.30. The molecule has 1 aliphatic rings. The van der Waals surface area contributed by atoms with Crippen molar-refractivity contribution in [3.8, 4) is 27.7 Å². The van der Waals surface area contributed by atoms with Crippen molar-refractivity contribution in [2.75, 3.05) is 11.9 Å². The molecule has 2 N–H and O–H groups in total. The first-order valence-corrected chi connectivity index (χ1v) is 16.6. The van der Waals surface area contributed by atoms with E-state index in [9.17, 15) is 13.6 Å². The molecule has 1 amide bonds. The Labute approximate surface area is 263 Å². The molecule has 0 spiro atoms. The van der Waals surface area contributed by atoms with E-state index in [1.165, 1.54) is 11.3 Å². The van der Waals surface area contributed by atoms with E-state index >= 15 is 0 Å². The van der Waals surface area contributed by atoms with Crippen LogP contribution in [0.5, 0.6) is 5.75 Å². The Morgan fingerprint density at radius 2 is 1.89 bits per heavy atom. The van der Waals surface area contributed by atoms with Gasteiger partial charge in [0.15, 0.2) is 5.82 Å². The highest BCUT2D eigenvalue weighted by molar-refractivity contribution is 7.45. The van der Waals surface area contributed by atoms with Gasteiger partial charge in [0.1, 0.15) is 34.6 Å². The van der Waals surface area contributed by atoms with Gasteiger partial charge in [-0.05, 0) is 37.1 Å². The lowest BCUT2D eigenvalue weighted by molar-refractivity contribution is 0.102. The number of amides is 1. The molecule has 1 fully saturated rings. The molecule has 6 rings (SSSR count). The second-order valence-corrected chi connectivity index (χ2v) is 12.4. The number of hydrogen-bond donors (Lipinski definition) is 2. The molecule has 1 aliphatic carbocycles. The van der Waals surface area contributed by atoms with Crippen LogP contribution in [0.25, 0.3) is 22.0 Å². The molecule has 0 radical (unpaired) electrons. The molecule has 0 aliphatic heterocycles. The summed E-state index contributed by atoms with van der Waals surface area (Å²) < 4.78 is 43.9. The van der Waals surface area contributed by atoms with E-state index in [2.05, 4.69) is 30.6 Å². The molecule has 0 saturated heterocycles. The Hall–Kier alpha value is -4.10. The maximum Gasteiger partial charge on any atom is 0.319 e. The van der Waals surface area contributed by atoms with Crippen LogP contribution < -0.4 is 14.9 Å². The van der Waals surface area contributed by atoms with E-state index in [1.807, 2.05) is 37.3 Å². The van der Waals surface area contributed by atoms with Crippen molar-refractivity contribution in [1.82, 2.24) is 34.6 Å². The zero-order chi connectivity index (χ0) is 31.2. The van der Waals surface area contributed by atoms with Gasteiger partial charge in [-0.25, -0.2) is 24.1 Å². The number of para-hydroxylation sites is 1. The van der Waals surface area contributed by atoms with Gasteiger partial charge in [0, 0.05) is 29.9 Å². The highest BCUT2D eigenvalue weighted by atomic mass is 32.1. The van der Waals surface area contributed by atoms with Gasteiger partial charge in [-0.15, -0.1) is 11.3 Å². The van der Waals surface area contributed by atoms with Gasteiger partial charge in [0.25, 0.3) is 5.91 Å². The summed E-state index contributed by atoms with van der Waals surface area (Å²) in [7, 11) is -1.39. The number of benzene rings is 1. The van der Waals surface area contributed by atoms with Crippen LogP contribution in [-0.2, 0) is 11.3 Å². The first-order valence-electron chi connectivity index (χ1n) is 14.6. The van der Waals surface area contributed by atoms with E-state index in [0.717, 1.165) is 44.2 Å². The van der Waals surface area contributed by atoms with Gasteiger partial charge < -0.3 is 9.84 Å². The molecular weight excluding hydrogens is 621 g/mol. The SMILES string of the molecule is CCNP(OCn1cc(-c2nc(C(=O)Nc3cn(C4CCCCC4)nc3-c3nc(F)ccc3F)cs2)cn1)Oc1ccccc1. The van der Waals surface area contributed by atoms with Crippen molar-refractivity contribution in [2.24, 2.45) is 0 Å². The minimum Gasteiger partial charge on any atom is -0.436 e. The van der Waals surface area contributed by atoms with Gasteiger partial charge in [0.2, 0.25) is 5.95 Å². The Bertz CT molecular complexity index is 1740. The minimum atomic E-state index is -1.39. The smallest absolute Gasteiger partial charge is 0.319 e. The Balaban J connectivity index is 1.15. The van der Waals surface area contributed by atoms with Crippen molar-refractivity contribution in [3.05, 3.63) is 83.9 Å². The fraction of sp³-hybridized carbons (Fsp3) is 0.300. The van der Waals surface area contributed by atoms with Crippen LogP contribution >= 0.6 is 19.9 Å². The Morgan fingerprint density at radius 1 is 1.07 bits per heavy atom. The number of carbonyl (C=O) groups is 1. The maximum atomic E-state index is 14.7. The summed E-state index contributed by atoms with van der Waals surface area (Å²) in [5, 5.41) is 17.1. The lowest BCUT2D eigenvalue weighted by Gasteiger charge is -2.21. The largest absolute Gasteiger partial charge is 0.436 e. The van der Waals surface area contributed by atoms with E-state index in [-0.39, 0.29) is 35.5 Å². The normalized spacial score (nSPS) is 14.4. The number of nitrogens with zero attached hydrogens (tertiary/aromatic N) is 6. The number of anilines is 1. The summed E-state index contributed by atoms with van der Waals surface area (Å²) in [4.78, 5) is 21.6. The molecule has 1 unspecified atom stereocenters. The molecule has 1 atom stereocenters. The molecule has 4 heterocycles. The Kier molecular flexibility index (Phi) is 9.84. The fourth-order valence-electron chi connectivity index (χ4n) is 4.94. The number of nitrogens with one attached hydrogen (secondary N) is 2. The monoisotopic (exact) mass is 652 g/mol. The summed E-state index contributed by atoms with van der Waals surface area (Å²) in [6, 6.07) is 11.5. The number of thiazole rings is 1. The lowest BCUT2D eigenvalue weighted by Crippen LogP contribution is -2.14. The van der Waals surface area contributed by atoms with Crippen LogP contribution in [0.3, 0.4) is 0 Å². The summed E-state index contributed by atoms with van der Waals surface area (Å²) in [5.74, 6) is -1.38. The van der Waals surface area contributed by atoms with Crippen LogP contribution in [-0.4, -0.2) is 42.0 Å². The van der Waals surface area contributed by atoms with E-state index < -0.39 is 26.2 Å². The molecule has 1 aromatic carbocycles. The molecular formula is C30H31F2N8O3PS. The van der Waals surface area contributed by atoms with Crippen molar-refractivity contribution >= 4 is 31.5 Å². The summed E-state index contributed by atoms with van der Waals surface area (Å²) in [6.07, 6.45) is 10.2. The van der Waals surface area contributed by atoms with Crippen molar-refractivity contribution in [2.45, 2.75) is 51.8 Å². The zero-order valence-electron chi connectivity index (χ0n) is 24.4. The number of halogens is 2. The molecule has 234 valence electrons. The molecule has 4 aromatic heterocycles. The van der Waals surface area contributed by atoms with E-state index in [4.69, 9.17) is 9.05 Å². The van der Waals surface area contributed by atoms with Crippen LogP contribution in [0.4, 0.5) is 14.5 Å². The fourth-order valence-corrected chi connectivity index (χ4v) is 6.72. The second kappa shape index (κ2) is 14.3. The number of rotatable bonds is 12. The van der Waals surface area contributed by atoms with Crippen LogP contribution in [0, 0.1) is 11.8 Å². The maximum absolute atomic E-state index is 14.7. The number of pyridine rings is 1. The van der Waals surface area contributed by atoms with Crippen LogP contribution in [0.2, 0.25) is 0 Å². The van der Waals surface area contributed by atoms with Crippen LogP contribution in [0.15, 0.2) is 66.4 Å². The molecule has 11 nitrogen and oxygen atoms in total. The Morgan fingerprint density at radius 3 is 2.69 bits per heavy atom. The van der Waals surface area contributed by atoms with Gasteiger partial charge >= 0.3 is 8.53 Å². The number of hydrogen-bond acceptors (Lipinski definition) is 9. The van der Waals surface area contributed by atoms with Gasteiger partial charge in [-0.1, -0.05) is 44.4 Å². The topological polar surface area (TPSA) is 121 Å². The van der Waals surface area contributed by atoms with Gasteiger partial charge in [0.05, 0.1) is 17.9 Å². The highest BCUT2D eigenvalue weighted by Crippen LogP contribution is 2.36. The third kappa shape index (κ3) is 7.59. The van der Waals surface area contributed by atoms with Crippen molar-refractivity contribution in [1.29, 1.82) is 0 Å². The predicted octanol–water partition coefficient (Wildman–Crippen LogP) is 7.19. The van der Waals surface area contributed by atoms with Crippen LogP contribution in [0.1, 0.15) is 55.6 Å². The quantitative estimate of drug-likeness (QED) is 0.107. The second-order valence-electron chi connectivity index (χ2n) is 10.3. The summed E-state index contributed by atoms with van der Waals surface area (Å²) >= 11 is 1.28. The molecule has 45 heavy (non-hydrogen) atoms. The first kappa shape index (κ1) is 30.9. The van der Waals surface area contributed by atoms with Gasteiger partial charge in [-0.3, -0.25) is 14.0 Å².